The van der Waals surface area contributed by atoms with Gasteiger partial charge in [0.2, 0.25) is 0 Å². The van der Waals surface area contributed by atoms with Gasteiger partial charge in [-0.05, 0) is 50.1 Å². The van der Waals surface area contributed by atoms with E-state index in [1.165, 1.54) is 12.1 Å². The number of ether oxygens (including phenoxy) is 1. The molecule has 0 radical (unpaired) electrons. The highest BCUT2D eigenvalue weighted by atomic mass is 35.5. The van der Waals surface area contributed by atoms with E-state index in [1.807, 2.05) is 6.92 Å². The van der Waals surface area contributed by atoms with Gasteiger partial charge < -0.3 is 10.1 Å². The van der Waals surface area contributed by atoms with Gasteiger partial charge in [0.15, 0.2) is 0 Å². The molecule has 18 heavy (non-hydrogen) atoms. The molecule has 1 aromatic carbocycles. The summed E-state index contributed by atoms with van der Waals surface area (Å²) in [5.41, 5.74) is 0.789. The van der Waals surface area contributed by atoms with Gasteiger partial charge in [-0.3, -0.25) is 0 Å². The molecule has 1 aromatic rings. The molecule has 1 aliphatic heterocycles. The van der Waals surface area contributed by atoms with E-state index in [0.29, 0.717) is 5.02 Å². The van der Waals surface area contributed by atoms with Crippen molar-refractivity contribution in [3.8, 4) is 0 Å². The molecule has 2 rings (SSSR count). The Labute approximate surface area is 112 Å². The summed E-state index contributed by atoms with van der Waals surface area (Å²) < 4.78 is 19.3. The zero-order chi connectivity index (χ0) is 13.1. The largest absolute Gasteiger partial charge is 0.373 e. The lowest BCUT2D eigenvalue weighted by Gasteiger charge is -2.25. The molecule has 1 saturated heterocycles. The summed E-state index contributed by atoms with van der Waals surface area (Å²) in [7, 11) is 0. The fraction of sp³-hybridized carbons (Fsp3) is 0.571. The van der Waals surface area contributed by atoms with Crippen LogP contribution in [-0.4, -0.2) is 18.8 Å². The summed E-state index contributed by atoms with van der Waals surface area (Å²) in [6, 6.07) is 4.45. The predicted octanol–water partition coefficient (Wildman–Crippen LogP) is 3.70. The highest BCUT2D eigenvalue weighted by molar-refractivity contribution is 6.31. The van der Waals surface area contributed by atoms with Crippen LogP contribution in [0.2, 0.25) is 5.02 Å². The maximum Gasteiger partial charge on any atom is 0.123 e. The molecular weight excluding hydrogens is 253 g/mol. The summed E-state index contributed by atoms with van der Waals surface area (Å²) >= 11 is 6.18. The SMILES string of the molecule is CCNC(c1cc(F)ccc1Cl)C1CCC(C)O1. The van der Waals surface area contributed by atoms with Crippen molar-refractivity contribution >= 4 is 11.6 Å². The standard InChI is InChI=1S/C14H19ClFNO/c1-3-17-14(13-7-4-9(2)18-13)11-8-10(16)5-6-12(11)15/h5-6,8-9,13-14,17H,3-4,7H2,1-2H3. The van der Waals surface area contributed by atoms with Gasteiger partial charge >= 0.3 is 0 Å². The van der Waals surface area contributed by atoms with E-state index in [2.05, 4.69) is 12.2 Å². The van der Waals surface area contributed by atoms with Crippen LogP contribution in [0.3, 0.4) is 0 Å². The minimum absolute atomic E-state index is 0.0388. The molecule has 0 spiro atoms. The zero-order valence-electron chi connectivity index (χ0n) is 10.7. The van der Waals surface area contributed by atoms with Gasteiger partial charge in [0.1, 0.15) is 5.82 Å². The van der Waals surface area contributed by atoms with E-state index in [0.717, 1.165) is 24.9 Å². The Morgan fingerprint density at radius 1 is 1.50 bits per heavy atom. The van der Waals surface area contributed by atoms with Gasteiger partial charge in [0.05, 0.1) is 18.2 Å². The smallest absolute Gasteiger partial charge is 0.123 e. The van der Waals surface area contributed by atoms with Crippen LogP contribution < -0.4 is 5.32 Å². The number of hydrogen-bond donors (Lipinski definition) is 1. The first-order chi connectivity index (χ1) is 8.61. The second-order valence-electron chi connectivity index (χ2n) is 4.76. The maximum atomic E-state index is 13.4. The Morgan fingerprint density at radius 2 is 2.28 bits per heavy atom. The van der Waals surface area contributed by atoms with E-state index < -0.39 is 0 Å². The minimum atomic E-state index is -0.261. The lowest BCUT2D eigenvalue weighted by Crippen LogP contribution is -2.32. The molecule has 1 heterocycles. The van der Waals surface area contributed by atoms with Crippen molar-refractivity contribution in [1.29, 1.82) is 0 Å². The summed E-state index contributed by atoms with van der Waals surface area (Å²) in [5.74, 6) is -0.261. The number of benzene rings is 1. The zero-order valence-corrected chi connectivity index (χ0v) is 11.5. The molecule has 3 unspecified atom stereocenters. The third-order valence-corrected chi connectivity index (χ3v) is 3.70. The van der Waals surface area contributed by atoms with Crippen molar-refractivity contribution < 1.29 is 9.13 Å². The normalized spacial score (nSPS) is 25.3. The van der Waals surface area contributed by atoms with Gasteiger partial charge in [0, 0.05) is 5.02 Å². The summed E-state index contributed by atoms with van der Waals surface area (Å²) in [6.07, 6.45) is 2.35. The second kappa shape index (κ2) is 6.00. The van der Waals surface area contributed by atoms with Crippen molar-refractivity contribution in [2.45, 2.75) is 44.9 Å². The van der Waals surface area contributed by atoms with E-state index in [1.54, 1.807) is 6.07 Å². The van der Waals surface area contributed by atoms with Crippen LogP contribution in [0, 0.1) is 5.82 Å². The topological polar surface area (TPSA) is 21.3 Å². The van der Waals surface area contributed by atoms with Crippen LogP contribution in [0.4, 0.5) is 4.39 Å². The van der Waals surface area contributed by atoms with Gasteiger partial charge in [0.25, 0.3) is 0 Å². The van der Waals surface area contributed by atoms with Crippen LogP contribution in [0.5, 0.6) is 0 Å². The van der Waals surface area contributed by atoms with Gasteiger partial charge in [-0.15, -0.1) is 0 Å². The molecule has 1 fully saturated rings. The van der Waals surface area contributed by atoms with Crippen molar-refractivity contribution in [1.82, 2.24) is 5.32 Å². The average molecular weight is 272 g/mol. The molecule has 2 nitrogen and oxygen atoms in total. The fourth-order valence-electron chi connectivity index (χ4n) is 2.49. The molecule has 0 saturated carbocycles. The summed E-state index contributed by atoms with van der Waals surface area (Å²) in [5, 5.41) is 3.94. The maximum absolute atomic E-state index is 13.4. The first-order valence-electron chi connectivity index (χ1n) is 6.45. The quantitative estimate of drug-likeness (QED) is 0.902. The lowest BCUT2D eigenvalue weighted by atomic mass is 9.99. The Morgan fingerprint density at radius 3 is 2.89 bits per heavy atom. The number of hydrogen-bond acceptors (Lipinski definition) is 2. The Balaban J connectivity index is 2.26. The van der Waals surface area contributed by atoms with Crippen LogP contribution in [-0.2, 0) is 4.74 Å². The van der Waals surface area contributed by atoms with Crippen molar-refractivity contribution in [2.24, 2.45) is 0 Å². The van der Waals surface area contributed by atoms with Crippen LogP contribution in [0.25, 0.3) is 0 Å². The van der Waals surface area contributed by atoms with Crippen molar-refractivity contribution in [3.63, 3.8) is 0 Å². The molecule has 1 aliphatic rings. The second-order valence-corrected chi connectivity index (χ2v) is 5.17. The molecule has 3 atom stereocenters. The number of halogens is 2. The first-order valence-corrected chi connectivity index (χ1v) is 6.83. The minimum Gasteiger partial charge on any atom is -0.373 e. The molecule has 4 heteroatoms. The number of likely N-dealkylation sites (N-methyl/N-ethyl adjacent to an activating group) is 1. The summed E-state index contributed by atoms with van der Waals surface area (Å²) in [6.45, 7) is 4.89. The Bertz CT molecular complexity index is 413. The molecule has 0 aromatic heterocycles. The average Bonchev–Trinajstić information content (AvgIpc) is 2.76. The first kappa shape index (κ1) is 13.8. The lowest BCUT2D eigenvalue weighted by molar-refractivity contribution is 0.0319. The summed E-state index contributed by atoms with van der Waals surface area (Å²) in [4.78, 5) is 0. The Kier molecular flexibility index (Phi) is 4.60. The molecule has 100 valence electrons. The van der Waals surface area contributed by atoms with E-state index in [9.17, 15) is 4.39 Å². The monoisotopic (exact) mass is 271 g/mol. The van der Waals surface area contributed by atoms with Gasteiger partial charge in [-0.1, -0.05) is 18.5 Å². The van der Waals surface area contributed by atoms with Gasteiger partial charge in [-0.2, -0.15) is 0 Å². The highest BCUT2D eigenvalue weighted by Gasteiger charge is 2.31. The Hall–Kier alpha value is -0.640. The third kappa shape index (κ3) is 3.02. The van der Waals surface area contributed by atoms with Gasteiger partial charge in [-0.25, -0.2) is 4.39 Å². The molecular formula is C14H19ClFNO. The van der Waals surface area contributed by atoms with Crippen LogP contribution in [0.1, 0.15) is 38.3 Å². The molecule has 0 aliphatic carbocycles. The van der Waals surface area contributed by atoms with Crippen LogP contribution >= 0.6 is 11.6 Å². The predicted molar refractivity (Wildman–Crippen MR) is 71.4 cm³/mol. The third-order valence-electron chi connectivity index (χ3n) is 3.35. The van der Waals surface area contributed by atoms with Crippen molar-refractivity contribution in [3.05, 3.63) is 34.6 Å². The van der Waals surface area contributed by atoms with E-state index in [-0.39, 0.29) is 24.1 Å². The number of nitrogens with one attached hydrogen (secondary N) is 1. The van der Waals surface area contributed by atoms with E-state index >= 15 is 0 Å². The van der Waals surface area contributed by atoms with Crippen molar-refractivity contribution in [2.75, 3.05) is 6.54 Å². The van der Waals surface area contributed by atoms with Crippen LogP contribution in [0.15, 0.2) is 18.2 Å². The molecule has 1 N–H and O–H groups in total. The molecule has 0 bridgehead atoms. The highest BCUT2D eigenvalue weighted by Crippen LogP contribution is 2.33. The van der Waals surface area contributed by atoms with E-state index in [4.69, 9.17) is 16.3 Å². The number of rotatable bonds is 4. The fourth-order valence-corrected chi connectivity index (χ4v) is 2.73. The molecule has 0 amide bonds.